The standard InChI is InChI=1S/C20H22N8O.ClH/c1-3-28(6-7-29)16-9-20(26-22-12-16)25-19-5-4-17-18(24-19)8-14(10-21-17)15-11-23-27(2)13-15;/h4-5,8-13,29H,3,6-7H2,1-2H3,(H,24,25,26);1H. The van der Waals surface area contributed by atoms with Crippen LogP contribution >= 0.6 is 12.4 Å². The quantitative estimate of drug-likeness (QED) is 0.464. The summed E-state index contributed by atoms with van der Waals surface area (Å²) in [5.74, 6) is 1.24. The maximum atomic E-state index is 9.23. The van der Waals surface area contributed by atoms with Gasteiger partial charge >= 0.3 is 0 Å². The van der Waals surface area contributed by atoms with Crippen LogP contribution in [0.3, 0.4) is 0 Å². The van der Waals surface area contributed by atoms with Gasteiger partial charge in [0, 0.05) is 49.7 Å². The molecule has 2 N–H and O–H groups in total. The lowest BCUT2D eigenvalue weighted by atomic mass is 10.1. The molecule has 0 aliphatic heterocycles. The van der Waals surface area contributed by atoms with Crippen molar-refractivity contribution in [2.75, 3.05) is 29.9 Å². The first-order chi connectivity index (χ1) is 14.2. The third-order valence-electron chi connectivity index (χ3n) is 4.59. The number of aromatic nitrogens is 6. The summed E-state index contributed by atoms with van der Waals surface area (Å²) in [5, 5.41) is 24.8. The molecular weight excluding hydrogens is 404 g/mol. The third-order valence-corrected chi connectivity index (χ3v) is 4.59. The van der Waals surface area contributed by atoms with Gasteiger partial charge in [-0.15, -0.1) is 17.5 Å². The number of aliphatic hydroxyl groups is 1. The van der Waals surface area contributed by atoms with E-state index in [1.807, 2.05) is 55.5 Å². The molecule has 0 fully saturated rings. The van der Waals surface area contributed by atoms with E-state index in [2.05, 4.69) is 30.6 Å². The Labute approximate surface area is 180 Å². The van der Waals surface area contributed by atoms with E-state index in [1.54, 1.807) is 17.1 Å². The van der Waals surface area contributed by atoms with Crippen LogP contribution in [0, 0.1) is 0 Å². The van der Waals surface area contributed by atoms with Gasteiger partial charge in [0.25, 0.3) is 0 Å². The Morgan fingerprint density at radius 2 is 1.93 bits per heavy atom. The first kappa shape index (κ1) is 21.4. The number of pyridine rings is 2. The summed E-state index contributed by atoms with van der Waals surface area (Å²) in [5.41, 5.74) is 4.42. The normalized spacial score (nSPS) is 10.6. The number of nitrogens with one attached hydrogen (secondary N) is 1. The fourth-order valence-electron chi connectivity index (χ4n) is 3.12. The molecule has 4 heterocycles. The fourth-order valence-corrected chi connectivity index (χ4v) is 3.12. The summed E-state index contributed by atoms with van der Waals surface area (Å²) in [6.07, 6.45) is 7.25. The second-order valence-corrected chi connectivity index (χ2v) is 6.59. The van der Waals surface area contributed by atoms with Gasteiger partial charge in [0.15, 0.2) is 5.82 Å². The van der Waals surface area contributed by atoms with E-state index in [4.69, 9.17) is 0 Å². The van der Waals surface area contributed by atoms with E-state index in [9.17, 15) is 5.11 Å². The molecule has 0 amide bonds. The number of likely N-dealkylation sites (N-methyl/N-ethyl adjacent to an activating group) is 1. The lowest BCUT2D eigenvalue weighted by Crippen LogP contribution is -2.26. The van der Waals surface area contributed by atoms with Crippen molar-refractivity contribution in [3.05, 3.63) is 49.1 Å². The minimum atomic E-state index is 0. The van der Waals surface area contributed by atoms with Gasteiger partial charge in [-0.1, -0.05) is 0 Å². The van der Waals surface area contributed by atoms with E-state index in [0.717, 1.165) is 34.4 Å². The molecule has 156 valence electrons. The van der Waals surface area contributed by atoms with Crippen LogP contribution in [0.1, 0.15) is 6.92 Å². The van der Waals surface area contributed by atoms with Crippen LogP contribution in [-0.4, -0.2) is 54.7 Å². The van der Waals surface area contributed by atoms with E-state index in [0.29, 0.717) is 18.2 Å². The van der Waals surface area contributed by atoms with Crippen molar-refractivity contribution in [2.45, 2.75) is 6.92 Å². The van der Waals surface area contributed by atoms with Gasteiger partial charge in [-0.25, -0.2) is 4.98 Å². The predicted octanol–water partition coefficient (Wildman–Crippen LogP) is 2.80. The SMILES string of the molecule is CCN(CCO)c1cnnc(Nc2ccc3ncc(-c4cnn(C)c4)cc3n2)c1.Cl. The molecule has 0 radical (unpaired) electrons. The number of halogens is 1. The van der Waals surface area contributed by atoms with Crippen molar-refractivity contribution < 1.29 is 5.11 Å². The monoisotopic (exact) mass is 426 g/mol. The number of hydrogen-bond donors (Lipinski definition) is 2. The molecule has 0 saturated carbocycles. The van der Waals surface area contributed by atoms with Gasteiger partial charge in [0.2, 0.25) is 0 Å². The molecule has 4 aromatic rings. The van der Waals surface area contributed by atoms with Crippen molar-refractivity contribution in [2.24, 2.45) is 7.05 Å². The van der Waals surface area contributed by atoms with Gasteiger partial charge < -0.3 is 15.3 Å². The van der Waals surface area contributed by atoms with Crippen molar-refractivity contribution >= 4 is 40.8 Å². The Morgan fingerprint density at radius 1 is 1.07 bits per heavy atom. The maximum Gasteiger partial charge on any atom is 0.156 e. The first-order valence-corrected chi connectivity index (χ1v) is 9.37. The molecule has 0 unspecified atom stereocenters. The Hall–Kier alpha value is -3.30. The highest BCUT2D eigenvalue weighted by atomic mass is 35.5. The molecule has 0 atom stereocenters. The van der Waals surface area contributed by atoms with Gasteiger partial charge in [0.1, 0.15) is 5.82 Å². The fraction of sp³-hybridized carbons (Fsp3) is 0.250. The van der Waals surface area contributed by atoms with Crippen LogP contribution < -0.4 is 10.2 Å². The topological polar surface area (TPSA) is 105 Å². The van der Waals surface area contributed by atoms with Crippen molar-refractivity contribution in [1.82, 2.24) is 29.9 Å². The van der Waals surface area contributed by atoms with E-state index < -0.39 is 0 Å². The molecule has 0 bridgehead atoms. The number of anilines is 3. The van der Waals surface area contributed by atoms with E-state index >= 15 is 0 Å². The summed E-state index contributed by atoms with van der Waals surface area (Å²) in [4.78, 5) is 11.2. The van der Waals surface area contributed by atoms with Crippen LogP contribution in [0.4, 0.5) is 17.3 Å². The Kier molecular flexibility index (Phi) is 6.76. The van der Waals surface area contributed by atoms with Gasteiger partial charge in [0.05, 0.1) is 35.7 Å². The van der Waals surface area contributed by atoms with Crippen LogP contribution in [0.2, 0.25) is 0 Å². The molecule has 10 heteroatoms. The molecule has 4 aromatic heterocycles. The molecule has 9 nitrogen and oxygen atoms in total. The smallest absolute Gasteiger partial charge is 0.156 e. The zero-order valence-electron chi connectivity index (χ0n) is 16.7. The summed E-state index contributed by atoms with van der Waals surface area (Å²) < 4.78 is 1.76. The van der Waals surface area contributed by atoms with Gasteiger partial charge in [-0.3, -0.25) is 9.67 Å². The van der Waals surface area contributed by atoms with Crippen LogP contribution in [0.25, 0.3) is 22.2 Å². The van der Waals surface area contributed by atoms with Crippen molar-refractivity contribution in [3.8, 4) is 11.1 Å². The summed E-state index contributed by atoms with van der Waals surface area (Å²) in [7, 11) is 1.88. The van der Waals surface area contributed by atoms with Gasteiger partial charge in [-0.05, 0) is 25.1 Å². The van der Waals surface area contributed by atoms with E-state index in [-0.39, 0.29) is 19.0 Å². The highest BCUT2D eigenvalue weighted by Gasteiger charge is 2.08. The first-order valence-electron chi connectivity index (χ1n) is 9.37. The van der Waals surface area contributed by atoms with Crippen LogP contribution in [0.5, 0.6) is 0 Å². The highest BCUT2D eigenvalue weighted by Crippen LogP contribution is 2.24. The minimum absolute atomic E-state index is 0. The predicted molar refractivity (Wildman–Crippen MR) is 119 cm³/mol. The molecule has 0 aromatic carbocycles. The van der Waals surface area contributed by atoms with Gasteiger partial charge in [-0.2, -0.15) is 10.2 Å². The average molecular weight is 427 g/mol. The number of fused-ring (bicyclic) bond motifs is 1. The largest absolute Gasteiger partial charge is 0.395 e. The van der Waals surface area contributed by atoms with Crippen molar-refractivity contribution in [3.63, 3.8) is 0 Å². The van der Waals surface area contributed by atoms with Crippen molar-refractivity contribution in [1.29, 1.82) is 0 Å². The second kappa shape index (κ2) is 9.47. The molecular formula is C20H23ClN8O. The number of nitrogens with zero attached hydrogens (tertiary/aromatic N) is 7. The number of aliphatic hydroxyl groups excluding tert-OH is 1. The Bertz CT molecular complexity index is 1130. The molecule has 30 heavy (non-hydrogen) atoms. The summed E-state index contributed by atoms with van der Waals surface area (Å²) >= 11 is 0. The average Bonchev–Trinajstić information content (AvgIpc) is 3.18. The summed E-state index contributed by atoms with van der Waals surface area (Å²) in [6.45, 7) is 3.42. The molecule has 4 rings (SSSR count). The third kappa shape index (κ3) is 4.64. The zero-order chi connectivity index (χ0) is 20.2. The van der Waals surface area contributed by atoms with Crippen LogP contribution in [0.15, 0.2) is 49.1 Å². The molecule has 0 saturated heterocycles. The number of rotatable bonds is 7. The summed E-state index contributed by atoms with van der Waals surface area (Å²) in [6, 6.07) is 7.66. The number of aryl methyl sites for hydroxylation is 1. The Balaban J connectivity index is 0.00000256. The second-order valence-electron chi connectivity index (χ2n) is 6.59. The number of hydrogen-bond acceptors (Lipinski definition) is 8. The molecule has 0 aliphatic rings. The molecule has 0 spiro atoms. The lowest BCUT2D eigenvalue weighted by Gasteiger charge is -2.21. The molecule has 0 aliphatic carbocycles. The zero-order valence-corrected chi connectivity index (χ0v) is 17.5. The maximum absolute atomic E-state index is 9.23. The van der Waals surface area contributed by atoms with E-state index in [1.165, 1.54) is 0 Å². The highest BCUT2D eigenvalue weighted by molar-refractivity contribution is 5.85. The lowest BCUT2D eigenvalue weighted by molar-refractivity contribution is 0.302. The van der Waals surface area contributed by atoms with Crippen LogP contribution in [-0.2, 0) is 7.05 Å². The Morgan fingerprint density at radius 3 is 2.67 bits per heavy atom. The minimum Gasteiger partial charge on any atom is -0.395 e.